The molecule has 0 heterocycles. The van der Waals surface area contributed by atoms with Crippen LogP contribution in [0.4, 0.5) is 0 Å². The summed E-state index contributed by atoms with van der Waals surface area (Å²) in [4.78, 5) is 30.3. The first kappa shape index (κ1) is 20.2. The van der Waals surface area contributed by atoms with Gasteiger partial charge >= 0.3 is 5.97 Å². The van der Waals surface area contributed by atoms with Gasteiger partial charge in [-0.25, -0.2) is 4.79 Å². The van der Waals surface area contributed by atoms with Crippen LogP contribution < -0.4 is 17.2 Å². The Kier molecular flexibility index (Phi) is 7.86. The van der Waals surface area contributed by atoms with Crippen LogP contribution in [0.15, 0.2) is 4.99 Å². The van der Waals surface area contributed by atoms with Crippen molar-refractivity contribution < 1.29 is 14.3 Å². The topological polar surface area (TPSA) is 137 Å². The van der Waals surface area contributed by atoms with Crippen LogP contribution in [-0.2, 0) is 14.3 Å². The highest BCUT2D eigenvalue weighted by Crippen LogP contribution is 2.19. The van der Waals surface area contributed by atoms with Crippen LogP contribution >= 0.6 is 0 Å². The number of guanidine groups is 1. The fraction of sp³-hybridized carbons (Fsp3) is 0.786. The number of nitrogens with two attached hydrogens (primary N) is 3. The van der Waals surface area contributed by atoms with Gasteiger partial charge in [-0.2, -0.15) is 0 Å². The van der Waals surface area contributed by atoms with E-state index in [-0.39, 0.29) is 31.0 Å². The van der Waals surface area contributed by atoms with Gasteiger partial charge in [0.05, 0.1) is 7.11 Å². The SMILES string of the molecule is COC(=O)[C@@](N)(CCCN=C(N)N)C(=O)N(C(C)C)C(C)C. The zero-order valence-corrected chi connectivity index (χ0v) is 14.1. The molecule has 1 atom stereocenters. The first-order valence-electron chi connectivity index (χ1n) is 7.33. The van der Waals surface area contributed by atoms with Crippen LogP contribution in [0.25, 0.3) is 0 Å². The molecular weight excluding hydrogens is 286 g/mol. The van der Waals surface area contributed by atoms with Gasteiger partial charge in [0.2, 0.25) is 0 Å². The molecule has 0 aromatic heterocycles. The minimum Gasteiger partial charge on any atom is -0.467 e. The summed E-state index contributed by atoms with van der Waals surface area (Å²) in [5, 5.41) is 0. The number of aliphatic imine (C=N–C) groups is 1. The van der Waals surface area contributed by atoms with Gasteiger partial charge in [-0.15, -0.1) is 0 Å². The van der Waals surface area contributed by atoms with Crippen LogP contribution in [-0.4, -0.2) is 54.0 Å². The molecule has 0 aliphatic carbocycles. The number of carbonyl (C=O) groups excluding carboxylic acids is 2. The van der Waals surface area contributed by atoms with Crippen molar-refractivity contribution in [1.82, 2.24) is 4.90 Å². The molecule has 0 saturated heterocycles. The Morgan fingerprint density at radius 3 is 2.05 bits per heavy atom. The Morgan fingerprint density at radius 1 is 1.18 bits per heavy atom. The predicted molar refractivity (Wildman–Crippen MR) is 86.0 cm³/mol. The fourth-order valence-corrected chi connectivity index (χ4v) is 2.34. The number of esters is 1. The standard InChI is InChI=1S/C14H29N5O3/c1-9(2)19(10(3)4)11(20)14(17,12(21)22-5)7-6-8-18-13(15)16/h9-10H,6-8,17H2,1-5H3,(H4,15,16,18)/t14-/m1/s1. The molecule has 6 N–H and O–H groups in total. The molecule has 0 fully saturated rings. The zero-order chi connectivity index (χ0) is 17.5. The van der Waals surface area contributed by atoms with Crippen molar-refractivity contribution in [3.05, 3.63) is 0 Å². The first-order chi connectivity index (χ1) is 10.1. The minimum atomic E-state index is -1.73. The minimum absolute atomic E-state index is 0.0435. The van der Waals surface area contributed by atoms with E-state index in [2.05, 4.69) is 4.99 Å². The number of ether oxygens (including phenoxy) is 1. The Hall–Kier alpha value is -1.83. The van der Waals surface area contributed by atoms with E-state index in [1.165, 1.54) is 7.11 Å². The second-order valence-corrected chi connectivity index (χ2v) is 5.77. The Bertz CT molecular complexity index is 411. The van der Waals surface area contributed by atoms with E-state index >= 15 is 0 Å². The lowest BCUT2D eigenvalue weighted by Crippen LogP contribution is -2.63. The van der Waals surface area contributed by atoms with Crippen LogP contribution in [0.1, 0.15) is 40.5 Å². The maximum absolute atomic E-state index is 12.8. The van der Waals surface area contributed by atoms with Crippen molar-refractivity contribution in [3.63, 3.8) is 0 Å². The summed E-state index contributed by atoms with van der Waals surface area (Å²) in [6.07, 6.45) is 0.491. The quantitative estimate of drug-likeness (QED) is 0.182. The molecule has 0 aromatic carbocycles. The van der Waals surface area contributed by atoms with Gasteiger partial charge in [0.1, 0.15) is 0 Å². The zero-order valence-electron chi connectivity index (χ0n) is 14.1. The molecule has 8 heteroatoms. The second-order valence-electron chi connectivity index (χ2n) is 5.77. The molecule has 0 rings (SSSR count). The highest BCUT2D eigenvalue weighted by Gasteiger charge is 2.46. The van der Waals surface area contributed by atoms with Gasteiger partial charge in [-0.05, 0) is 40.5 Å². The number of nitrogens with zero attached hydrogens (tertiary/aromatic N) is 2. The van der Waals surface area contributed by atoms with E-state index in [9.17, 15) is 9.59 Å². The number of hydrogen-bond donors (Lipinski definition) is 3. The van der Waals surface area contributed by atoms with Crippen molar-refractivity contribution in [2.24, 2.45) is 22.2 Å². The van der Waals surface area contributed by atoms with E-state index in [4.69, 9.17) is 21.9 Å². The molecule has 22 heavy (non-hydrogen) atoms. The predicted octanol–water partition coefficient (Wildman–Crippen LogP) is -0.444. The Morgan fingerprint density at radius 2 is 1.68 bits per heavy atom. The highest BCUT2D eigenvalue weighted by atomic mass is 16.5. The summed E-state index contributed by atoms with van der Waals surface area (Å²) < 4.78 is 4.73. The molecule has 0 aromatic rings. The summed E-state index contributed by atoms with van der Waals surface area (Å²) in [6.45, 7) is 7.77. The number of hydrogen-bond acceptors (Lipinski definition) is 5. The summed E-state index contributed by atoms with van der Waals surface area (Å²) in [5.41, 5.74) is 14.9. The van der Waals surface area contributed by atoms with Gasteiger partial charge in [-0.3, -0.25) is 9.79 Å². The van der Waals surface area contributed by atoms with Crippen molar-refractivity contribution >= 4 is 17.8 Å². The molecule has 0 aliphatic heterocycles. The summed E-state index contributed by atoms with van der Waals surface area (Å²) in [5.74, 6) is -1.25. The van der Waals surface area contributed by atoms with Crippen LogP contribution in [0.5, 0.6) is 0 Å². The van der Waals surface area contributed by atoms with E-state index in [0.717, 1.165) is 0 Å². The fourth-order valence-electron chi connectivity index (χ4n) is 2.34. The van der Waals surface area contributed by atoms with Crippen LogP contribution in [0.3, 0.4) is 0 Å². The average Bonchev–Trinajstić information content (AvgIpc) is 2.41. The monoisotopic (exact) mass is 315 g/mol. The maximum Gasteiger partial charge on any atom is 0.335 e. The van der Waals surface area contributed by atoms with Crippen LogP contribution in [0.2, 0.25) is 0 Å². The molecule has 0 bridgehead atoms. The summed E-state index contributed by atoms with van der Waals surface area (Å²) in [6, 6.07) is -0.171. The number of rotatable bonds is 8. The molecular formula is C14H29N5O3. The lowest BCUT2D eigenvalue weighted by molar-refractivity contribution is -0.158. The average molecular weight is 315 g/mol. The molecule has 1 amide bonds. The van der Waals surface area contributed by atoms with Gasteiger partial charge in [-0.1, -0.05) is 0 Å². The highest BCUT2D eigenvalue weighted by molar-refractivity contribution is 6.07. The lowest BCUT2D eigenvalue weighted by atomic mass is 9.91. The van der Waals surface area contributed by atoms with Crippen molar-refractivity contribution in [1.29, 1.82) is 0 Å². The smallest absolute Gasteiger partial charge is 0.335 e. The maximum atomic E-state index is 12.8. The molecule has 128 valence electrons. The van der Waals surface area contributed by atoms with Gasteiger partial charge < -0.3 is 26.8 Å². The molecule has 0 spiro atoms. The van der Waals surface area contributed by atoms with Crippen molar-refractivity contribution in [2.75, 3.05) is 13.7 Å². The largest absolute Gasteiger partial charge is 0.467 e. The first-order valence-corrected chi connectivity index (χ1v) is 7.33. The molecule has 0 saturated carbocycles. The molecule has 0 radical (unpaired) electrons. The van der Waals surface area contributed by atoms with Crippen LogP contribution in [0, 0.1) is 0 Å². The van der Waals surface area contributed by atoms with Crippen molar-refractivity contribution in [2.45, 2.75) is 58.2 Å². The van der Waals surface area contributed by atoms with Gasteiger partial charge in [0.15, 0.2) is 11.5 Å². The summed E-state index contributed by atoms with van der Waals surface area (Å²) >= 11 is 0. The summed E-state index contributed by atoms with van der Waals surface area (Å²) in [7, 11) is 1.21. The molecule has 8 nitrogen and oxygen atoms in total. The van der Waals surface area contributed by atoms with E-state index in [1.807, 2.05) is 27.7 Å². The number of carbonyl (C=O) groups is 2. The number of methoxy groups -OCH3 is 1. The van der Waals surface area contributed by atoms with Gasteiger partial charge in [0.25, 0.3) is 5.91 Å². The normalized spacial score (nSPS) is 13.6. The van der Waals surface area contributed by atoms with E-state index in [1.54, 1.807) is 4.90 Å². The third-order valence-electron chi connectivity index (χ3n) is 3.30. The molecule has 0 unspecified atom stereocenters. The second kappa shape index (κ2) is 8.57. The Balaban J connectivity index is 5.28. The van der Waals surface area contributed by atoms with E-state index < -0.39 is 17.4 Å². The third kappa shape index (κ3) is 5.18. The lowest BCUT2D eigenvalue weighted by Gasteiger charge is -2.37. The van der Waals surface area contributed by atoms with E-state index in [0.29, 0.717) is 6.42 Å². The van der Waals surface area contributed by atoms with Crippen molar-refractivity contribution in [3.8, 4) is 0 Å². The number of amides is 1. The van der Waals surface area contributed by atoms with Gasteiger partial charge in [0, 0.05) is 18.6 Å². The Labute approximate surface area is 132 Å². The third-order valence-corrected chi connectivity index (χ3v) is 3.30. The molecule has 0 aliphatic rings.